The molecule has 2 aliphatic rings. The normalized spacial score (nSPS) is 26.4. The number of fused-ring (bicyclic) bond motifs is 2. The van der Waals surface area contributed by atoms with Crippen molar-refractivity contribution < 1.29 is 15.0 Å². The number of nitrogens with zero attached hydrogens (tertiary/aromatic N) is 3. The summed E-state index contributed by atoms with van der Waals surface area (Å²) in [4.78, 5) is 27.7. The molecule has 0 saturated carbocycles. The van der Waals surface area contributed by atoms with Gasteiger partial charge in [0.15, 0.2) is 17.2 Å². The average Bonchev–Trinajstić information content (AvgIpc) is 2.62. The highest BCUT2D eigenvalue weighted by atomic mass is 16.3. The first-order chi connectivity index (χ1) is 8.91. The van der Waals surface area contributed by atoms with Gasteiger partial charge in [0.25, 0.3) is 11.3 Å². The summed E-state index contributed by atoms with van der Waals surface area (Å²) < 4.78 is 1.45. The first kappa shape index (κ1) is 12.0. The van der Waals surface area contributed by atoms with E-state index in [-0.39, 0.29) is 23.8 Å². The van der Waals surface area contributed by atoms with E-state index in [1.54, 1.807) is 4.90 Å². The summed E-state index contributed by atoms with van der Waals surface area (Å²) in [5.41, 5.74) is -0.945. The summed E-state index contributed by atoms with van der Waals surface area (Å²) in [5.74, 6) is -1.59. The third-order valence-electron chi connectivity index (χ3n) is 3.89. The fraction of sp³-hybridized carbons (Fsp3) is 0.500. The van der Waals surface area contributed by atoms with Crippen molar-refractivity contribution in [3.05, 3.63) is 22.1 Å². The molecule has 1 aromatic rings. The van der Waals surface area contributed by atoms with Crippen LogP contribution in [-0.4, -0.2) is 56.3 Å². The van der Waals surface area contributed by atoms with Crippen molar-refractivity contribution in [3.63, 3.8) is 0 Å². The van der Waals surface area contributed by atoms with E-state index in [0.29, 0.717) is 6.54 Å². The molecule has 7 heteroatoms. The average molecular weight is 265 g/mol. The number of amides is 1. The quantitative estimate of drug-likeness (QED) is 0.652. The van der Waals surface area contributed by atoms with Gasteiger partial charge in [-0.25, -0.2) is 0 Å². The molecule has 1 saturated heterocycles. The lowest BCUT2D eigenvalue weighted by Gasteiger charge is -2.36. The number of rotatable bonds is 0. The summed E-state index contributed by atoms with van der Waals surface area (Å²) in [5, 5.41) is 19.3. The van der Waals surface area contributed by atoms with Crippen molar-refractivity contribution in [3.8, 4) is 11.5 Å². The van der Waals surface area contributed by atoms with E-state index in [0.717, 1.165) is 6.54 Å². The zero-order valence-corrected chi connectivity index (χ0v) is 10.7. The number of carbonyl (C=O) groups excluding carboxylic acids is 1. The van der Waals surface area contributed by atoms with Gasteiger partial charge in [0.05, 0.1) is 12.7 Å². The Morgan fingerprint density at radius 1 is 1.26 bits per heavy atom. The van der Waals surface area contributed by atoms with Crippen LogP contribution in [0.3, 0.4) is 0 Å². The molecule has 2 aliphatic heterocycles. The number of carbonyl (C=O) groups is 1. The molecule has 1 fully saturated rings. The highest BCUT2D eigenvalue weighted by Crippen LogP contribution is 2.30. The Labute approximate surface area is 109 Å². The van der Waals surface area contributed by atoms with Crippen LogP contribution in [0.4, 0.5) is 0 Å². The van der Waals surface area contributed by atoms with E-state index >= 15 is 0 Å². The van der Waals surface area contributed by atoms with Gasteiger partial charge in [-0.15, -0.1) is 0 Å². The lowest BCUT2D eigenvalue weighted by molar-refractivity contribution is 0.0487. The van der Waals surface area contributed by atoms with E-state index in [2.05, 4.69) is 0 Å². The summed E-state index contributed by atoms with van der Waals surface area (Å²) in [6.45, 7) is 3.09. The number of hydrogen-bond donors (Lipinski definition) is 2. The van der Waals surface area contributed by atoms with Gasteiger partial charge >= 0.3 is 0 Å². The lowest BCUT2D eigenvalue weighted by Crippen LogP contribution is -2.51. The predicted molar refractivity (Wildman–Crippen MR) is 66.1 cm³/mol. The number of aromatic hydroxyl groups is 2. The molecule has 2 atom stereocenters. The zero-order chi connectivity index (χ0) is 13.9. The van der Waals surface area contributed by atoms with Crippen LogP contribution in [0.5, 0.6) is 11.5 Å². The molecular formula is C12H15N3O4. The molecule has 0 spiro atoms. The number of aromatic nitrogens is 1. The van der Waals surface area contributed by atoms with Crippen LogP contribution in [0.2, 0.25) is 0 Å². The maximum atomic E-state index is 12.4. The van der Waals surface area contributed by atoms with Crippen LogP contribution >= 0.6 is 0 Å². The molecular weight excluding hydrogens is 250 g/mol. The second-order valence-corrected chi connectivity index (χ2v) is 5.17. The van der Waals surface area contributed by atoms with Crippen LogP contribution in [0.15, 0.2) is 11.0 Å². The van der Waals surface area contributed by atoms with E-state index in [1.165, 1.54) is 10.8 Å². The molecule has 1 amide bonds. The first-order valence-corrected chi connectivity index (χ1v) is 6.10. The van der Waals surface area contributed by atoms with Gasteiger partial charge in [-0.3, -0.25) is 14.5 Å². The van der Waals surface area contributed by atoms with Crippen LogP contribution in [-0.2, 0) is 6.54 Å². The van der Waals surface area contributed by atoms with Gasteiger partial charge in [0, 0.05) is 12.6 Å². The van der Waals surface area contributed by atoms with Gasteiger partial charge in [0.2, 0.25) is 0 Å². The fourth-order valence-electron chi connectivity index (χ4n) is 3.00. The van der Waals surface area contributed by atoms with E-state index < -0.39 is 16.9 Å². The molecule has 7 nitrogen and oxygen atoms in total. The maximum absolute atomic E-state index is 12.4. The summed E-state index contributed by atoms with van der Waals surface area (Å²) >= 11 is 0. The van der Waals surface area contributed by atoms with Crippen LogP contribution in [0.25, 0.3) is 0 Å². The molecule has 102 valence electrons. The van der Waals surface area contributed by atoms with Gasteiger partial charge in [0.1, 0.15) is 6.17 Å². The number of hydrogen-bond acceptors (Lipinski definition) is 5. The Morgan fingerprint density at radius 3 is 2.63 bits per heavy atom. The molecule has 1 aromatic heterocycles. The van der Waals surface area contributed by atoms with E-state index in [9.17, 15) is 19.8 Å². The number of pyridine rings is 1. The molecule has 2 N–H and O–H groups in total. The van der Waals surface area contributed by atoms with Crippen LogP contribution in [0, 0.1) is 0 Å². The van der Waals surface area contributed by atoms with Crippen LogP contribution < -0.4 is 5.43 Å². The molecule has 19 heavy (non-hydrogen) atoms. The van der Waals surface area contributed by atoms with Crippen LogP contribution in [0.1, 0.15) is 17.4 Å². The SMILES string of the molecule is CC1CN(C)C2Cn3cc(O)c(=O)c(O)c3C(=O)N12. The Bertz CT molecular complexity index is 624. The minimum atomic E-state index is -0.904. The van der Waals surface area contributed by atoms with Crippen molar-refractivity contribution >= 4 is 5.91 Å². The fourth-order valence-corrected chi connectivity index (χ4v) is 3.00. The second kappa shape index (κ2) is 3.74. The Balaban J connectivity index is 2.19. The summed E-state index contributed by atoms with van der Waals surface area (Å²) in [6.07, 6.45) is 1.10. The van der Waals surface area contributed by atoms with Crippen molar-refractivity contribution in [2.75, 3.05) is 13.6 Å². The smallest absolute Gasteiger partial charge is 0.276 e. The van der Waals surface area contributed by atoms with Gasteiger partial charge < -0.3 is 19.7 Å². The summed E-state index contributed by atoms with van der Waals surface area (Å²) in [6, 6.07) is 0.0274. The van der Waals surface area contributed by atoms with Gasteiger partial charge in [-0.1, -0.05) is 0 Å². The van der Waals surface area contributed by atoms with Crippen molar-refractivity contribution in [1.82, 2.24) is 14.4 Å². The van der Waals surface area contributed by atoms with Crippen molar-refractivity contribution in [2.24, 2.45) is 0 Å². The molecule has 0 radical (unpaired) electrons. The third-order valence-corrected chi connectivity index (χ3v) is 3.89. The topological polar surface area (TPSA) is 86.0 Å². The minimum absolute atomic E-state index is 0.0274. The van der Waals surface area contributed by atoms with Crippen molar-refractivity contribution in [2.45, 2.75) is 25.7 Å². The molecule has 3 heterocycles. The largest absolute Gasteiger partial charge is 0.503 e. The van der Waals surface area contributed by atoms with Crippen molar-refractivity contribution in [1.29, 1.82) is 0 Å². The predicted octanol–water partition coefficient (Wildman–Crippen LogP) is -0.625. The molecule has 0 bridgehead atoms. The van der Waals surface area contributed by atoms with Gasteiger partial charge in [-0.05, 0) is 14.0 Å². The molecule has 2 unspecified atom stereocenters. The third kappa shape index (κ3) is 1.48. The lowest BCUT2D eigenvalue weighted by atomic mass is 10.1. The number of likely N-dealkylation sites (N-methyl/N-ethyl adjacent to an activating group) is 1. The monoisotopic (exact) mass is 265 g/mol. The van der Waals surface area contributed by atoms with E-state index in [1.807, 2.05) is 18.9 Å². The standard InChI is InChI=1S/C12H15N3O4/c1-6-3-13(2)8-5-14-4-7(16)10(17)11(18)9(14)12(19)15(6)8/h4,6,8,16,18H,3,5H2,1-2H3. The highest BCUT2D eigenvalue weighted by Gasteiger charge is 2.44. The highest BCUT2D eigenvalue weighted by molar-refractivity contribution is 5.96. The Hall–Kier alpha value is -2.02. The summed E-state index contributed by atoms with van der Waals surface area (Å²) in [7, 11) is 1.92. The Kier molecular flexibility index (Phi) is 2.37. The van der Waals surface area contributed by atoms with E-state index in [4.69, 9.17) is 0 Å². The molecule has 3 rings (SSSR count). The second-order valence-electron chi connectivity index (χ2n) is 5.17. The molecule has 0 aliphatic carbocycles. The minimum Gasteiger partial charge on any atom is -0.503 e. The first-order valence-electron chi connectivity index (χ1n) is 6.10. The molecule has 0 aromatic carbocycles. The van der Waals surface area contributed by atoms with Gasteiger partial charge in [-0.2, -0.15) is 0 Å². The Morgan fingerprint density at radius 2 is 1.95 bits per heavy atom. The maximum Gasteiger partial charge on any atom is 0.276 e. The zero-order valence-electron chi connectivity index (χ0n) is 10.7.